The summed E-state index contributed by atoms with van der Waals surface area (Å²) in [6.45, 7) is 3.09. The number of ether oxygens (including phenoxy) is 2. The Hall–Kier alpha value is -2.76. The maximum absolute atomic E-state index is 14.1. The number of methoxy groups -OCH3 is 1. The number of aliphatic hydroxyl groups excluding tert-OH is 2. The first kappa shape index (κ1) is 25.9. The fourth-order valence-electron chi connectivity index (χ4n) is 4.23. The summed E-state index contributed by atoms with van der Waals surface area (Å²) in [5, 5.41) is 21.1. The molecule has 5 atom stereocenters. The van der Waals surface area contributed by atoms with Crippen molar-refractivity contribution in [2.75, 3.05) is 19.0 Å². The molecule has 186 valence electrons. The third-order valence-corrected chi connectivity index (χ3v) is 6.43. The number of anilines is 1. The van der Waals surface area contributed by atoms with Crippen LogP contribution < -0.4 is 10.1 Å². The molecule has 7 nitrogen and oxygen atoms in total. The van der Waals surface area contributed by atoms with Gasteiger partial charge in [0.05, 0.1) is 31.3 Å². The Balaban J connectivity index is 2.01. The molecule has 34 heavy (non-hydrogen) atoms. The monoisotopic (exact) mass is 486 g/mol. The smallest absolute Gasteiger partial charge is 0.417 e. The van der Waals surface area contributed by atoms with E-state index in [0.29, 0.717) is 0 Å². The van der Waals surface area contributed by atoms with Crippen LogP contribution in [-0.4, -0.2) is 52.7 Å². The summed E-state index contributed by atoms with van der Waals surface area (Å²) in [4.78, 5) is 17.1. The van der Waals surface area contributed by atoms with Gasteiger partial charge in [0.1, 0.15) is 23.8 Å². The van der Waals surface area contributed by atoms with Gasteiger partial charge in [0.15, 0.2) is 5.60 Å². The summed E-state index contributed by atoms with van der Waals surface area (Å²) < 4.78 is 66.9. The molecule has 1 saturated heterocycles. The number of benzene rings is 1. The zero-order chi connectivity index (χ0) is 25.4. The summed E-state index contributed by atoms with van der Waals surface area (Å²) >= 11 is 0. The molecule has 0 radical (unpaired) electrons. The first-order chi connectivity index (χ1) is 15.9. The van der Waals surface area contributed by atoms with E-state index in [1.807, 2.05) is 0 Å². The quantitative estimate of drug-likeness (QED) is 0.539. The van der Waals surface area contributed by atoms with E-state index in [0.717, 1.165) is 13.0 Å². The van der Waals surface area contributed by atoms with Crippen LogP contribution in [0.5, 0.6) is 5.75 Å². The highest BCUT2D eigenvalue weighted by Crippen LogP contribution is 2.55. The predicted octanol–water partition coefficient (Wildman–Crippen LogP) is 3.64. The lowest BCUT2D eigenvalue weighted by Crippen LogP contribution is -2.47. The molecule has 2 aromatic rings. The van der Waals surface area contributed by atoms with Crippen molar-refractivity contribution < 1.29 is 42.0 Å². The third-order valence-electron chi connectivity index (χ3n) is 6.43. The summed E-state index contributed by atoms with van der Waals surface area (Å²) in [6.07, 6.45) is -6.38. The van der Waals surface area contributed by atoms with Gasteiger partial charge in [-0.05, 0) is 32.0 Å². The normalized spacial score (nSPS) is 25.8. The molecule has 3 N–H and O–H groups in total. The highest BCUT2D eigenvalue weighted by molar-refractivity contribution is 5.95. The number of nitrogens with zero attached hydrogens (tertiary/aromatic N) is 1. The molecule has 0 aliphatic carbocycles. The van der Waals surface area contributed by atoms with E-state index in [-0.39, 0.29) is 28.3 Å². The van der Waals surface area contributed by atoms with Gasteiger partial charge in [-0.3, -0.25) is 9.78 Å². The Morgan fingerprint density at radius 2 is 2.00 bits per heavy atom. The Morgan fingerprint density at radius 1 is 1.32 bits per heavy atom. The molecule has 5 unspecified atom stereocenters. The number of rotatable bonds is 6. The number of amides is 1. The Kier molecular flexibility index (Phi) is 7.20. The maximum atomic E-state index is 14.1. The molecule has 1 fully saturated rings. The molecule has 0 saturated carbocycles. The van der Waals surface area contributed by atoms with Crippen LogP contribution in [0.25, 0.3) is 0 Å². The van der Waals surface area contributed by atoms with Crippen LogP contribution >= 0.6 is 0 Å². The Labute approximate surface area is 193 Å². The maximum Gasteiger partial charge on any atom is 0.417 e. The van der Waals surface area contributed by atoms with Crippen LogP contribution in [-0.2, 0) is 9.53 Å². The summed E-state index contributed by atoms with van der Waals surface area (Å²) in [5.74, 6) is -3.73. The fourth-order valence-corrected chi connectivity index (χ4v) is 4.23. The molecule has 0 spiro atoms. The fraction of sp³-hybridized carbons (Fsp3) is 0.478. The number of hydrogen-bond acceptors (Lipinski definition) is 6. The lowest BCUT2D eigenvalue weighted by Gasteiger charge is -2.32. The van der Waals surface area contributed by atoms with E-state index >= 15 is 0 Å². The van der Waals surface area contributed by atoms with Gasteiger partial charge in [0.2, 0.25) is 0 Å². The average molecular weight is 486 g/mol. The molecular formula is C23H26F4N2O5. The van der Waals surface area contributed by atoms with Crippen LogP contribution in [0.4, 0.5) is 23.2 Å². The van der Waals surface area contributed by atoms with Gasteiger partial charge in [-0.1, -0.05) is 13.0 Å². The topological polar surface area (TPSA) is 101 Å². The molecule has 1 aromatic heterocycles. The Bertz CT molecular complexity index is 1050. The largest absolute Gasteiger partial charge is 0.496 e. The van der Waals surface area contributed by atoms with Gasteiger partial charge >= 0.3 is 6.18 Å². The van der Waals surface area contributed by atoms with Crippen molar-refractivity contribution in [2.45, 2.75) is 50.7 Å². The van der Waals surface area contributed by atoms with Gasteiger partial charge in [-0.15, -0.1) is 0 Å². The second-order valence-electron chi connectivity index (χ2n) is 8.41. The molecular weight excluding hydrogens is 460 g/mol. The number of halogens is 4. The second kappa shape index (κ2) is 9.47. The standard InChI is InChI=1S/C23H26F4N2O5/c1-11-15(24)7-6-14(19(11)33-4)18-12(2)22(3,23(25,26)27)34-20(18)21(32)29-13-5-8-16(28-9-13)17(31)10-30/h5-9,12,17-18,20,30-31H,10H2,1-4H3,(H,29,32). The van der Waals surface area contributed by atoms with E-state index in [9.17, 15) is 27.5 Å². The number of pyridine rings is 1. The average Bonchev–Trinajstić information content (AvgIpc) is 3.07. The SMILES string of the molecule is COc1c(C2C(C(=O)Nc3ccc(C(O)CO)nc3)OC(C)(C(F)(F)F)C2C)ccc(F)c1C. The number of aliphatic hydroxyl groups is 2. The summed E-state index contributed by atoms with van der Waals surface area (Å²) in [6, 6.07) is 5.17. The van der Waals surface area contributed by atoms with Crippen LogP contribution in [0, 0.1) is 18.7 Å². The summed E-state index contributed by atoms with van der Waals surface area (Å²) in [5.41, 5.74) is -2.02. The minimum Gasteiger partial charge on any atom is -0.496 e. The van der Waals surface area contributed by atoms with Crippen molar-refractivity contribution in [1.82, 2.24) is 4.98 Å². The first-order valence-electron chi connectivity index (χ1n) is 10.5. The second-order valence-corrected chi connectivity index (χ2v) is 8.41. The molecule has 3 rings (SSSR count). The number of carbonyl (C=O) groups excluding carboxylic acids is 1. The van der Waals surface area contributed by atoms with Crippen molar-refractivity contribution in [3.05, 3.63) is 53.1 Å². The molecule has 1 aliphatic rings. The van der Waals surface area contributed by atoms with Crippen LogP contribution in [0.15, 0.2) is 30.5 Å². The van der Waals surface area contributed by atoms with Crippen molar-refractivity contribution in [1.29, 1.82) is 0 Å². The number of alkyl halides is 3. The Morgan fingerprint density at radius 3 is 2.53 bits per heavy atom. The zero-order valence-electron chi connectivity index (χ0n) is 19.0. The minimum atomic E-state index is -4.79. The van der Waals surface area contributed by atoms with Crippen molar-refractivity contribution in [3.8, 4) is 5.75 Å². The molecule has 2 heterocycles. The molecule has 1 amide bonds. The van der Waals surface area contributed by atoms with Crippen molar-refractivity contribution in [3.63, 3.8) is 0 Å². The minimum absolute atomic E-state index is 0.0497. The zero-order valence-corrected chi connectivity index (χ0v) is 19.0. The van der Waals surface area contributed by atoms with E-state index in [2.05, 4.69) is 10.3 Å². The predicted molar refractivity (Wildman–Crippen MR) is 114 cm³/mol. The van der Waals surface area contributed by atoms with Crippen molar-refractivity contribution >= 4 is 11.6 Å². The number of nitrogens with one attached hydrogen (secondary N) is 1. The van der Waals surface area contributed by atoms with Gasteiger partial charge < -0.3 is 25.0 Å². The molecule has 1 aromatic carbocycles. The van der Waals surface area contributed by atoms with Gasteiger partial charge in [-0.25, -0.2) is 4.39 Å². The lowest BCUT2D eigenvalue weighted by molar-refractivity contribution is -0.272. The van der Waals surface area contributed by atoms with Crippen molar-refractivity contribution in [2.24, 2.45) is 5.92 Å². The van der Waals surface area contributed by atoms with Gasteiger partial charge in [0, 0.05) is 23.0 Å². The highest BCUT2D eigenvalue weighted by Gasteiger charge is 2.65. The van der Waals surface area contributed by atoms with E-state index in [1.165, 1.54) is 45.4 Å². The van der Waals surface area contributed by atoms with Gasteiger partial charge in [-0.2, -0.15) is 13.2 Å². The molecule has 0 bridgehead atoms. The first-order valence-corrected chi connectivity index (χ1v) is 10.5. The number of carbonyl (C=O) groups is 1. The molecule has 1 aliphatic heterocycles. The highest BCUT2D eigenvalue weighted by atomic mass is 19.4. The number of aromatic nitrogens is 1. The lowest BCUT2D eigenvalue weighted by atomic mass is 9.76. The van der Waals surface area contributed by atoms with E-state index < -0.39 is 54.2 Å². The summed E-state index contributed by atoms with van der Waals surface area (Å²) in [7, 11) is 1.28. The van der Waals surface area contributed by atoms with E-state index in [4.69, 9.17) is 14.6 Å². The molecule has 11 heteroatoms. The van der Waals surface area contributed by atoms with Crippen LogP contribution in [0.1, 0.15) is 42.7 Å². The van der Waals surface area contributed by atoms with Crippen LogP contribution in [0.3, 0.4) is 0 Å². The third kappa shape index (κ3) is 4.47. The van der Waals surface area contributed by atoms with Crippen LogP contribution in [0.2, 0.25) is 0 Å². The number of hydrogen-bond donors (Lipinski definition) is 3. The van der Waals surface area contributed by atoms with Gasteiger partial charge in [0.25, 0.3) is 5.91 Å². The van der Waals surface area contributed by atoms with E-state index in [1.54, 1.807) is 0 Å².